The Morgan fingerprint density at radius 3 is 2.38 bits per heavy atom. The largest absolute Gasteiger partial charge is 0.393 e. The number of aliphatic hydroxyl groups excluding tert-OH is 2. The summed E-state index contributed by atoms with van der Waals surface area (Å²) in [4.78, 5) is 26.7. The van der Waals surface area contributed by atoms with Gasteiger partial charge in [-0.15, -0.1) is 0 Å². The Labute approximate surface area is 231 Å². The maximum absolute atomic E-state index is 13.6. The zero-order chi connectivity index (χ0) is 28.2. The summed E-state index contributed by atoms with van der Waals surface area (Å²) in [5, 5.41) is 28.0. The van der Waals surface area contributed by atoms with E-state index in [9.17, 15) is 19.8 Å². The Morgan fingerprint density at radius 2 is 1.67 bits per heavy atom. The lowest BCUT2D eigenvalue weighted by atomic mass is 9.89. The van der Waals surface area contributed by atoms with E-state index in [4.69, 9.17) is 0 Å². The highest BCUT2D eigenvalue weighted by Gasteiger charge is 2.34. The maximum atomic E-state index is 13.6. The highest BCUT2D eigenvalue weighted by Crippen LogP contribution is 2.32. The molecule has 0 heterocycles. The van der Waals surface area contributed by atoms with Crippen molar-refractivity contribution in [3.05, 3.63) is 106 Å². The SMILES string of the molecule is Cc1ccc(CC(O)CC(Cc2ccccc2)C(=O)N[C@H]2c3ccccc3C[C@H]2O)c(C(=O)NC(C)(C)C)c1. The lowest BCUT2D eigenvalue weighted by Crippen LogP contribution is -2.41. The van der Waals surface area contributed by atoms with E-state index >= 15 is 0 Å². The van der Waals surface area contributed by atoms with Crippen molar-refractivity contribution in [2.45, 2.75) is 77.2 Å². The minimum atomic E-state index is -0.839. The van der Waals surface area contributed by atoms with E-state index in [0.717, 1.165) is 27.8 Å². The fourth-order valence-electron chi connectivity index (χ4n) is 5.35. The summed E-state index contributed by atoms with van der Waals surface area (Å²) in [6.07, 6.45) is -0.0985. The van der Waals surface area contributed by atoms with Crippen molar-refractivity contribution in [2.24, 2.45) is 5.92 Å². The third-order valence-electron chi connectivity index (χ3n) is 7.21. The third-order valence-corrected chi connectivity index (χ3v) is 7.21. The van der Waals surface area contributed by atoms with Crippen LogP contribution in [0.25, 0.3) is 0 Å². The zero-order valence-electron chi connectivity index (χ0n) is 23.3. The summed E-state index contributed by atoms with van der Waals surface area (Å²) in [6, 6.07) is 22.7. The molecule has 39 heavy (non-hydrogen) atoms. The Balaban J connectivity index is 1.52. The second-order valence-electron chi connectivity index (χ2n) is 11.8. The van der Waals surface area contributed by atoms with E-state index in [2.05, 4.69) is 10.6 Å². The first-order valence-electron chi connectivity index (χ1n) is 13.7. The number of benzene rings is 3. The average molecular weight is 529 g/mol. The van der Waals surface area contributed by atoms with Gasteiger partial charge in [0, 0.05) is 23.4 Å². The molecule has 0 fully saturated rings. The minimum absolute atomic E-state index is 0.180. The predicted octanol–water partition coefficient (Wildman–Crippen LogP) is 4.45. The van der Waals surface area contributed by atoms with Crippen LogP contribution in [0, 0.1) is 12.8 Å². The summed E-state index contributed by atoms with van der Waals surface area (Å²) in [5.74, 6) is -0.895. The van der Waals surface area contributed by atoms with Crippen LogP contribution in [0.15, 0.2) is 72.8 Å². The standard InChI is InChI=1S/C33H40N2O4/c1-21-14-15-24(28(16-21)32(39)35-33(2,3)4)18-26(36)19-25(17-22-10-6-5-7-11-22)31(38)34-30-27-13-9-8-12-23(27)20-29(30)37/h5-16,25-26,29-30,36-37H,17-20H2,1-4H3,(H,34,38)(H,35,39)/t25?,26?,29-,30+/m1/s1. The highest BCUT2D eigenvalue weighted by atomic mass is 16.3. The summed E-state index contributed by atoms with van der Waals surface area (Å²) in [5.41, 5.74) is 4.83. The Bertz CT molecular complexity index is 1300. The minimum Gasteiger partial charge on any atom is -0.393 e. The van der Waals surface area contributed by atoms with Crippen molar-refractivity contribution < 1.29 is 19.8 Å². The number of carbonyl (C=O) groups is 2. The molecule has 1 aliphatic rings. The molecule has 4 N–H and O–H groups in total. The molecule has 0 aromatic heterocycles. The Morgan fingerprint density at radius 1 is 0.974 bits per heavy atom. The van der Waals surface area contributed by atoms with Crippen molar-refractivity contribution in [3.63, 3.8) is 0 Å². The van der Waals surface area contributed by atoms with Crippen LogP contribution in [0.2, 0.25) is 0 Å². The first-order valence-corrected chi connectivity index (χ1v) is 13.7. The Kier molecular flexibility index (Phi) is 8.88. The molecule has 2 unspecified atom stereocenters. The number of amides is 2. The van der Waals surface area contributed by atoms with Crippen LogP contribution in [0.3, 0.4) is 0 Å². The molecule has 4 rings (SSSR count). The second kappa shape index (κ2) is 12.1. The van der Waals surface area contributed by atoms with Gasteiger partial charge in [-0.1, -0.05) is 72.3 Å². The normalized spacial score (nSPS) is 18.2. The van der Waals surface area contributed by atoms with Crippen molar-refractivity contribution >= 4 is 11.8 Å². The van der Waals surface area contributed by atoms with Gasteiger partial charge in [-0.25, -0.2) is 0 Å². The quantitative estimate of drug-likeness (QED) is 0.330. The van der Waals surface area contributed by atoms with Gasteiger partial charge in [0.2, 0.25) is 5.91 Å². The molecule has 6 heteroatoms. The van der Waals surface area contributed by atoms with Gasteiger partial charge >= 0.3 is 0 Å². The van der Waals surface area contributed by atoms with Gasteiger partial charge in [0.25, 0.3) is 5.91 Å². The molecule has 0 saturated heterocycles. The van der Waals surface area contributed by atoms with Gasteiger partial charge in [-0.05, 0) is 75.3 Å². The van der Waals surface area contributed by atoms with Crippen molar-refractivity contribution in [3.8, 4) is 0 Å². The summed E-state index contributed by atoms with van der Waals surface area (Å²) in [7, 11) is 0. The first-order chi connectivity index (χ1) is 18.5. The van der Waals surface area contributed by atoms with Crippen LogP contribution in [-0.2, 0) is 24.1 Å². The van der Waals surface area contributed by atoms with Crippen LogP contribution >= 0.6 is 0 Å². The van der Waals surface area contributed by atoms with E-state index < -0.39 is 24.2 Å². The number of carbonyl (C=O) groups excluding carboxylic acids is 2. The molecule has 6 nitrogen and oxygen atoms in total. The van der Waals surface area contributed by atoms with Crippen LogP contribution < -0.4 is 10.6 Å². The summed E-state index contributed by atoms with van der Waals surface area (Å²) in [6.45, 7) is 7.73. The number of fused-ring (bicyclic) bond motifs is 1. The zero-order valence-corrected chi connectivity index (χ0v) is 23.3. The van der Waals surface area contributed by atoms with Gasteiger partial charge in [-0.2, -0.15) is 0 Å². The fraction of sp³-hybridized carbons (Fsp3) is 0.394. The Hall–Kier alpha value is -3.48. The number of aliphatic hydroxyl groups is 2. The smallest absolute Gasteiger partial charge is 0.251 e. The molecule has 0 aliphatic heterocycles. The lowest BCUT2D eigenvalue weighted by molar-refractivity contribution is -0.127. The van der Waals surface area contributed by atoms with Gasteiger partial charge < -0.3 is 20.8 Å². The average Bonchev–Trinajstić information content (AvgIpc) is 3.19. The molecule has 0 radical (unpaired) electrons. The van der Waals surface area contributed by atoms with Crippen LogP contribution in [0.1, 0.15) is 71.4 Å². The van der Waals surface area contributed by atoms with Gasteiger partial charge in [0.1, 0.15) is 0 Å². The molecule has 4 atom stereocenters. The maximum Gasteiger partial charge on any atom is 0.251 e. The molecule has 3 aromatic rings. The number of hydrogen-bond acceptors (Lipinski definition) is 4. The number of hydrogen-bond donors (Lipinski definition) is 4. The van der Waals surface area contributed by atoms with E-state index in [1.54, 1.807) is 0 Å². The molecule has 206 valence electrons. The van der Waals surface area contributed by atoms with Crippen molar-refractivity contribution in [1.29, 1.82) is 0 Å². The van der Waals surface area contributed by atoms with E-state index in [0.29, 0.717) is 18.4 Å². The molecule has 2 amide bonds. The van der Waals surface area contributed by atoms with E-state index in [1.807, 2.05) is 100 Å². The van der Waals surface area contributed by atoms with Crippen LogP contribution in [0.5, 0.6) is 0 Å². The summed E-state index contributed by atoms with van der Waals surface area (Å²) < 4.78 is 0. The number of aryl methyl sites for hydroxylation is 1. The molecular formula is C33H40N2O4. The summed E-state index contributed by atoms with van der Waals surface area (Å²) >= 11 is 0. The fourth-order valence-corrected chi connectivity index (χ4v) is 5.35. The van der Waals surface area contributed by atoms with Gasteiger partial charge in [0.05, 0.1) is 18.2 Å². The molecule has 3 aromatic carbocycles. The monoisotopic (exact) mass is 528 g/mol. The highest BCUT2D eigenvalue weighted by molar-refractivity contribution is 5.96. The molecular weight excluding hydrogens is 488 g/mol. The van der Waals surface area contributed by atoms with Crippen LogP contribution in [-0.4, -0.2) is 39.8 Å². The second-order valence-corrected chi connectivity index (χ2v) is 11.8. The lowest BCUT2D eigenvalue weighted by Gasteiger charge is -2.25. The molecule has 0 spiro atoms. The molecule has 0 bridgehead atoms. The molecule has 1 aliphatic carbocycles. The topological polar surface area (TPSA) is 98.7 Å². The van der Waals surface area contributed by atoms with Crippen LogP contribution in [0.4, 0.5) is 0 Å². The van der Waals surface area contributed by atoms with Gasteiger partial charge in [0.15, 0.2) is 0 Å². The predicted molar refractivity (Wildman–Crippen MR) is 153 cm³/mol. The van der Waals surface area contributed by atoms with Crippen molar-refractivity contribution in [2.75, 3.05) is 0 Å². The third kappa shape index (κ3) is 7.55. The van der Waals surface area contributed by atoms with Gasteiger partial charge in [-0.3, -0.25) is 9.59 Å². The molecule has 0 saturated carbocycles. The van der Waals surface area contributed by atoms with E-state index in [-0.39, 0.29) is 30.2 Å². The number of rotatable bonds is 9. The van der Waals surface area contributed by atoms with Crippen molar-refractivity contribution in [1.82, 2.24) is 10.6 Å². The number of nitrogens with one attached hydrogen (secondary N) is 2. The van der Waals surface area contributed by atoms with E-state index in [1.165, 1.54) is 0 Å². The first kappa shape index (κ1) is 28.5.